The molecule has 3 rings (SSSR count). The lowest BCUT2D eigenvalue weighted by Crippen LogP contribution is -2.22. The number of allylic oxidation sites excluding steroid dienone is 2. The van der Waals surface area contributed by atoms with Crippen molar-refractivity contribution in [2.45, 2.75) is 32.6 Å². The molecule has 2 aliphatic rings. The fraction of sp³-hybridized carbons (Fsp3) is 0.333. The molecule has 0 N–H and O–H groups in total. The van der Waals surface area contributed by atoms with Crippen molar-refractivity contribution in [3.8, 4) is 0 Å². The third-order valence-electron chi connectivity index (χ3n) is 3.76. The second-order valence-electron chi connectivity index (χ2n) is 4.85. The Morgan fingerprint density at radius 2 is 1.82 bits per heavy atom. The number of hydrogen-bond acceptors (Lipinski definition) is 2. The molecule has 17 heavy (non-hydrogen) atoms. The molecule has 2 heteroatoms. The summed E-state index contributed by atoms with van der Waals surface area (Å²) in [5.41, 5.74) is 4.94. The van der Waals surface area contributed by atoms with Crippen LogP contribution in [0.25, 0.3) is 5.57 Å². The van der Waals surface area contributed by atoms with Gasteiger partial charge in [0.15, 0.2) is 0 Å². The van der Waals surface area contributed by atoms with E-state index in [1.807, 2.05) is 13.0 Å². The standard InChI is InChI=1S/C15H14O2/c1-9-8-13(16)15(17)14-11(9)7-6-10-4-2-3-5-12(10)14/h6-8H,2-5H2,1H3. The first-order valence-corrected chi connectivity index (χ1v) is 6.10. The van der Waals surface area contributed by atoms with Crippen molar-refractivity contribution in [1.82, 2.24) is 0 Å². The predicted octanol–water partition coefficient (Wildman–Crippen LogP) is 2.73. The number of benzene rings is 1. The van der Waals surface area contributed by atoms with Crippen LogP contribution in [0.3, 0.4) is 0 Å². The lowest BCUT2D eigenvalue weighted by molar-refractivity contribution is -0.111. The zero-order valence-corrected chi connectivity index (χ0v) is 9.88. The highest BCUT2D eigenvalue weighted by atomic mass is 16.2. The van der Waals surface area contributed by atoms with Crippen molar-refractivity contribution in [2.75, 3.05) is 0 Å². The molecule has 0 aliphatic heterocycles. The van der Waals surface area contributed by atoms with Crippen molar-refractivity contribution in [2.24, 2.45) is 0 Å². The predicted molar refractivity (Wildman–Crippen MR) is 66.1 cm³/mol. The van der Waals surface area contributed by atoms with Gasteiger partial charge in [0.2, 0.25) is 11.6 Å². The lowest BCUT2D eigenvalue weighted by atomic mass is 9.80. The van der Waals surface area contributed by atoms with E-state index in [-0.39, 0.29) is 11.6 Å². The first kappa shape index (κ1) is 10.5. The number of carbonyl (C=O) groups excluding carboxylic acids is 2. The van der Waals surface area contributed by atoms with Crippen molar-refractivity contribution in [3.05, 3.63) is 40.5 Å². The molecule has 0 saturated carbocycles. The van der Waals surface area contributed by atoms with Crippen molar-refractivity contribution in [1.29, 1.82) is 0 Å². The minimum Gasteiger partial charge on any atom is -0.286 e. The number of carbonyl (C=O) groups is 2. The van der Waals surface area contributed by atoms with Crippen LogP contribution in [-0.4, -0.2) is 11.6 Å². The zero-order chi connectivity index (χ0) is 12.0. The fourth-order valence-corrected chi connectivity index (χ4v) is 2.88. The van der Waals surface area contributed by atoms with Gasteiger partial charge in [0.25, 0.3) is 0 Å². The fourth-order valence-electron chi connectivity index (χ4n) is 2.88. The molecule has 0 atom stereocenters. The summed E-state index contributed by atoms with van der Waals surface area (Å²) in [6.07, 6.45) is 5.73. The van der Waals surface area contributed by atoms with Gasteiger partial charge in [0.1, 0.15) is 0 Å². The Kier molecular flexibility index (Phi) is 2.25. The van der Waals surface area contributed by atoms with E-state index in [9.17, 15) is 9.59 Å². The third-order valence-corrected chi connectivity index (χ3v) is 3.76. The average Bonchev–Trinajstić information content (AvgIpc) is 2.35. The number of rotatable bonds is 0. The molecule has 0 saturated heterocycles. The van der Waals surface area contributed by atoms with Gasteiger partial charge in [-0.15, -0.1) is 0 Å². The van der Waals surface area contributed by atoms with Gasteiger partial charge in [-0.2, -0.15) is 0 Å². The maximum atomic E-state index is 12.0. The van der Waals surface area contributed by atoms with Gasteiger partial charge >= 0.3 is 0 Å². The van der Waals surface area contributed by atoms with Crippen LogP contribution in [0.5, 0.6) is 0 Å². The average molecular weight is 226 g/mol. The van der Waals surface area contributed by atoms with Gasteiger partial charge in [-0.25, -0.2) is 0 Å². The Morgan fingerprint density at radius 1 is 1.06 bits per heavy atom. The van der Waals surface area contributed by atoms with Gasteiger partial charge in [-0.05, 0) is 60.9 Å². The van der Waals surface area contributed by atoms with Gasteiger partial charge < -0.3 is 0 Å². The minimum absolute atomic E-state index is 0.315. The topological polar surface area (TPSA) is 34.1 Å². The van der Waals surface area contributed by atoms with E-state index in [1.54, 1.807) is 0 Å². The van der Waals surface area contributed by atoms with Crippen molar-refractivity contribution in [3.63, 3.8) is 0 Å². The summed E-state index contributed by atoms with van der Waals surface area (Å²) in [6.45, 7) is 1.90. The molecule has 0 spiro atoms. The summed E-state index contributed by atoms with van der Waals surface area (Å²) in [6, 6.07) is 4.11. The van der Waals surface area contributed by atoms with E-state index >= 15 is 0 Å². The van der Waals surface area contributed by atoms with Crippen LogP contribution >= 0.6 is 0 Å². The highest BCUT2D eigenvalue weighted by Crippen LogP contribution is 2.33. The second-order valence-corrected chi connectivity index (χ2v) is 4.85. The van der Waals surface area contributed by atoms with Crippen molar-refractivity contribution < 1.29 is 9.59 Å². The third kappa shape index (κ3) is 1.47. The molecular formula is C15H14O2. The van der Waals surface area contributed by atoms with Gasteiger partial charge in [0, 0.05) is 5.56 Å². The molecular weight excluding hydrogens is 212 g/mol. The van der Waals surface area contributed by atoms with Gasteiger partial charge in [-0.3, -0.25) is 9.59 Å². The maximum Gasteiger partial charge on any atom is 0.233 e. The molecule has 0 heterocycles. The highest BCUT2D eigenvalue weighted by molar-refractivity contribution is 6.50. The summed E-state index contributed by atoms with van der Waals surface area (Å²) < 4.78 is 0. The van der Waals surface area contributed by atoms with Crippen LogP contribution in [0.2, 0.25) is 0 Å². The minimum atomic E-state index is -0.367. The molecule has 2 nitrogen and oxygen atoms in total. The second kappa shape index (κ2) is 3.66. The Hall–Kier alpha value is -1.70. The molecule has 1 aromatic rings. The molecule has 0 radical (unpaired) electrons. The van der Waals surface area contributed by atoms with Crippen LogP contribution in [0.1, 0.15) is 46.8 Å². The quantitative estimate of drug-likeness (QED) is 0.637. The number of fused-ring (bicyclic) bond motifs is 3. The first-order chi connectivity index (χ1) is 8.18. The van der Waals surface area contributed by atoms with E-state index in [2.05, 4.69) is 6.07 Å². The molecule has 0 unspecified atom stereocenters. The summed E-state index contributed by atoms with van der Waals surface area (Å²) >= 11 is 0. The summed E-state index contributed by atoms with van der Waals surface area (Å²) in [7, 11) is 0. The lowest BCUT2D eigenvalue weighted by Gasteiger charge is -2.23. The molecule has 0 bridgehead atoms. The zero-order valence-electron chi connectivity index (χ0n) is 9.88. The SMILES string of the molecule is CC1=CC(=O)C(=O)c2c1ccc1c2CCCC1. The van der Waals surface area contributed by atoms with E-state index in [1.165, 1.54) is 18.1 Å². The largest absolute Gasteiger partial charge is 0.286 e. The molecule has 86 valence electrons. The molecule has 0 fully saturated rings. The summed E-state index contributed by atoms with van der Waals surface area (Å²) in [5.74, 6) is -0.682. The molecule has 1 aromatic carbocycles. The van der Waals surface area contributed by atoms with E-state index < -0.39 is 0 Å². The highest BCUT2D eigenvalue weighted by Gasteiger charge is 2.28. The monoisotopic (exact) mass is 226 g/mol. The Labute approximate surface area is 100 Å². The summed E-state index contributed by atoms with van der Waals surface area (Å²) in [4.78, 5) is 23.7. The van der Waals surface area contributed by atoms with E-state index in [4.69, 9.17) is 0 Å². The first-order valence-electron chi connectivity index (χ1n) is 6.10. The Morgan fingerprint density at radius 3 is 2.65 bits per heavy atom. The van der Waals surface area contributed by atoms with Gasteiger partial charge in [0.05, 0.1) is 0 Å². The van der Waals surface area contributed by atoms with Crippen molar-refractivity contribution >= 4 is 17.1 Å². The molecule has 0 amide bonds. The molecule has 0 aromatic heterocycles. The van der Waals surface area contributed by atoms with Crippen LogP contribution in [0.15, 0.2) is 18.2 Å². The van der Waals surface area contributed by atoms with E-state index in [0.29, 0.717) is 5.56 Å². The normalized spacial score (nSPS) is 18.5. The van der Waals surface area contributed by atoms with Crippen LogP contribution < -0.4 is 0 Å². The Bertz CT molecular complexity index is 565. The van der Waals surface area contributed by atoms with Gasteiger partial charge in [-0.1, -0.05) is 12.1 Å². The number of ketones is 2. The molecule has 2 aliphatic carbocycles. The van der Waals surface area contributed by atoms with Crippen LogP contribution in [-0.2, 0) is 17.6 Å². The Balaban J connectivity index is 2.30. The number of aryl methyl sites for hydroxylation is 1. The smallest absolute Gasteiger partial charge is 0.233 e. The maximum absolute atomic E-state index is 12.0. The summed E-state index contributed by atoms with van der Waals surface area (Å²) in [5, 5.41) is 0. The van der Waals surface area contributed by atoms with E-state index in [0.717, 1.165) is 36.0 Å². The van der Waals surface area contributed by atoms with Crippen LogP contribution in [0.4, 0.5) is 0 Å². The number of Topliss-reactive ketones (excluding diaryl/α,β-unsaturated/α-hetero) is 1. The van der Waals surface area contributed by atoms with Crippen LogP contribution in [0, 0.1) is 0 Å². The number of hydrogen-bond donors (Lipinski definition) is 0.